The molecule has 1 aliphatic heterocycles. The molecule has 1 fully saturated rings. The van der Waals surface area contributed by atoms with Crippen molar-refractivity contribution in [1.29, 1.82) is 0 Å². The van der Waals surface area contributed by atoms with Crippen LogP contribution in [0, 0.1) is 5.82 Å². The number of hydrogen-bond acceptors (Lipinski definition) is 5. The van der Waals surface area contributed by atoms with Crippen LogP contribution >= 0.6 is 11.3 Å². The predicted octanol–water partition coefficient (Wildman–Crippen LogP) is 3.99. The van der Waals surface area contributed by atoms with E-state index in [1.165, 1.54) is 28.6 Å². The van der Waals surface area contributed by atoms with E-state index in [-0.39, 0.29) is 29.2 Å². The number of amides is 1. The first-order valence-electron chi connectivity index (χ1n) is 10.4. The van der Waals surface area contributed by atoms with Gasteiger partial charge in [-0.2, -0.15) is 4.31 Å². The highest BCUT2D eigenvalue weighted by Gasteiger charge is 2.27. The van der Waals surface area contributed by atoms with Gasteiger partial charge in [-0.1, -0.05) is 18.2 Å². The first kappa shape index (κ1) is 22.6. The normalized spacial score (nSPS) is 15.5. The molecule has 32 heavy (non-hydrogen) atoms. The molecule has 2 heterocycles. The molecule has 1 aromatic heterocycles. The molecule has 9 heteroatoms. The van der Waals surface area contributed by atoms with Crippen LogP contribution in [0.4, 0.5) is 10.1 Å². The minimum Gasteiger partial charge on any atom is -0.325 e. The molecule has 0 spiro atoms. The first-order valence-corrected chi connectivity index (χ1v) is 12.7. The fourth-order valence-corrected chi connectivity index (χ4v) is 6.03. The Morgan fingerprint density at radius 2 is 1.72 bits per heavy atom. The summed E-state index contributed by atoms with van der Waals surface area (Å²) in [6.07, 6.45) is 1.76. The summed E-state index contributed by atoms with van der Waals surface area (Å²) in [6, 6.07) is 16.1. The molecule has 2 N–H and O–H groups in total. The van der Waals surface area contributed by atoms with E-state index in [2.05, 4.69) is 10.6 Å². The fraction of sp³-hybridized carbons (Fsp3) is 0.261. The van der Waals surface area contributed by atoms with Crippen molar-refractivity contribution in [3.63, 3.8) is 0 Å². The minimum atomic E-state index is -3.48. The number of rotatable bonds is 8. The SMILES string of the molecule is O=C(CN[C@H](c1ccc(F)cc1)c1cccs1)Nc1ccc(S(=O)(=O)N2CCCC2)cc1. The van der Waals surface area contributed by atoms with Gasteiger partial charge in [-0.05, 0) is 66.2 Å². The van der Waals surface area contributed by atoms with Gasteiger partial charge in [0.2, 0.25) is 15.9 Å². The molecule has 3 aromatic rings. The van der Waals surface area contributed by atoms with Crippen molar-refractivity contribution in [2.24, 2.45) is 0 Å². The van der Waals surface area contributed by atoms with Crippen LogP contribution in [0.15, 0.2) is 70.9 Å². The Morgan fingerprint density at radius 1 is 1.03 bits per heavy atom. The lowest BCUT2D eigenvalue weighted by Gasteiger charge is -2.18. The van der Waals surface area contributed by atoms with E-state index in [1.54, 1.807) is 35.6 Å². The molecular weight excluding hydrogens is 449 g/mol. The smallest absolute Gasteiger partial charge is 0.243 e. The van der Waals surface area contributed by atoms with Crippen molar-refractivity contribution < 1.29 is 17.6 Å². The average molecular weight is 474 g/mol. The largest absolute Gasteiger partial charge is 0.325 e. The van der Waals surface area contributed by atoms with Crippen LogP contribution in [0.5, 0.6) is 0 Å². The monoisotopic (exact) mass is 473 g/mol. The van der Waals surface area contributed by atoms with Crippen LogP contribution in [0.1, 0.15) is 29.3 Å². The lowest BCUT2D eigenvalue weighted by Crippen LogP contribution is -2.31. The maximum Gasteiger partial charge on any atom is 0.243 e. The summed E-state index contributed by atoms with van der Waals surface area (Å²) in [6.45, 7) is 1.13. The van der Waals surface area contributed by atoms with Crippen LogP contribution in [0.25, 0.3) is 0 Å². The molecule has 168 valence electrons. The van der Waals surface area contributed by atoms with Crippen LogP contribution < -0.4 is 10.6 Å². The van der Waals surface area contributed by atoms with Gasteiger partial charge >= 0.3 is 0 Å². The Bertz CT molecular complexity index is 1140. The summed E-state index contributed by atoms with van der Waals surface area (Å²) in [7, 11) is -3.48. The molecule has 1 saturated heterocycles. The topological polar surface area (TPSA) is 78.5 Å². The Morgan fingerprint density at radius 3 is 2.34 bits per heavy atom. The number of nitrogens with one attached hydrogen (secondary N) is 2. The number of nitrogens with zero attached hydrogens (tertiary/aromatic N) is 1. The van der Waals surface area contributed by atoms with Crippen LogP contribution in [0.3, 0.4) is 0 Å². The standard InChI is InChI=1S/C23H24FN3O3S2/c24-18-7-5-17(6-8-18)23(21-4-3-15-31-21)25-16-22(28)26-19-9-11-20(12-10-19)32(29,30)27-13-1-2-14-27/h3-12,15,23,25H,1-2,13-14,16H2,(H,26,28)/t23-/m1/s1. The molecule has 0 aliphatic carbocycles. The third-order valence-electron chi connectivity index (χ3n) is 5.34. The summed E-state index contributed by atoms with van der Waals surface area (Å²) in [5.74, 6) is -0.574. The lowest BCUT2D eigenvalue weighted by atomic mass is 10.1. The first-order chi connectivity index (χ1) is 15.4. The summed E-state index contributed by atoms with van der Waals surface area (Å²) in [5, 5.41) is 7.96. The summed E-state index contributed by atoms with van der Waals surface area (Å²) in [5.41, 5.74) is 1.38. The van der Waals surface area contributed by atoms with Gasteiger partial charge in [-0.3, -0.25) is 10.1 Å². The van der Waals surface area contributed by atoms with Gasteiger partial charge in [0.15, 0.2) is 0 Å². The molecule has 2 aromatic carbocycles. The van der Waals surface area contributed by atoms with E-state index in [4.69, 9.17) is 0 Å². The van der Waals surface area contributed by atoms with E-state index in [0.717, 1.165) is 23.3 Å². The molecule has 6 nitrogen and oxygen atoms in total. The zero-order valence-corrected chi connectivity index (χ0v) is 19.0. The zero-order valence-electron chi connectivity index (χ0n) is 17.3. The van der Waals surface area contributed by atoms with Gasteiger partial charge in [0.25, 0.3) is 0 Å². The van der Waals surface area contributed by atoms with Crippen molar-refractivity contribution in [3.05, 3.63) is 82.3 Å². The second-order valence-corrected chi connectivity index (χ2v) is 10.5. The van der Waals surface area contributed by atoms with Gasteiger partial charge in [-0.15, -0.1) is 11.3 Å². The van der Waals surface area contributed by atoms with Crippen LogP contribution in [-0.4, -0.2) is 38.3 Å². The van der Waals surface area contributed by atoms with Crippen LogP contribution in [-0.2, 0) is 14.8 Å². The molecular formula is C23H24FN3O3S2. The number of hydrogen-bond donors (Lipinski definition) is 2. The van der Waals surface area contributed by atoms with Gasteiger partial charge in [0, 0.05) is 23.7 Å². The number of sulfonamides is 1. The van der Waals surface area contributed by atoms with Crippen molar-refractivity contribution in [2.75, 3.05) is 25.0 Å². The third-order valence-corrected chi connectivity index (χ3v) is 8.19. The third kappa shape index (κ3) is 5.24. The second-order valence-electron chi connectivity index (χ2n) is 7.56. The molecule has 0 bridgehead atoms. The van der Waals surface area contributed by atoms with E-state index in [1.807, 2.05) is 17.5 Å². The molecule has 0 unspecified atom stereocenters. The Balaban J connectivity index is 1.39. The van der Waals surface area contributed by atoms with E-state index >= 15 is 0 Å². The molecule has 0 radical (unpaired) electrons. The number of carbonyl (C=O) groups is 1. The number of carbonyl (C=O) groups excluding carboxylic acids is 1. The van der Waals surface area contributed by atoms with Gasteiger partial charge in [0.05, 0.1) is 17.5 Å². The fourth-order valence-electron chi connectivity index (χ4n) is 3.68. The van der Waals surface area contributed by atoms with E-state index in [9.17, 15) is 17.6 Å². The van der Waals surface area contributed by atoms with E-state index < -0.39 is 10.0 Å². The highest BCUT2D eigenvalue weighted by atomic mass is 32.2. The summed E-state index contributed by atoms with van der Waals surface area (Å²) in [4.78, 5) is 13.7. The lowest BCUT2D eigenvalue weighted by molar-refractivity contribution is -0.115. The maximum atomic E-state index is 13.3. The van der Waals surface area contributed by atoms with Crippen molar-refractivity contribution >= 4 is 33.0 Å². The average Bonchev–Trinajstić information content (AvgIpc) is 3.50. The van der Waals surface area contributed by atoms with Crippen molar-refractivity contribution in [2.45, 2.75) is 23.8 Å². The maximum absolute atomic E-state index is 13.3. The summed E-state index contributed by atoms with van der Waals surface area (Å²) >= 11 is 1.55. The zero-order chi connectivity index (χ0) is 22.6. The number of benzene rings is 2. The van der Waals surface area contributed by atoms with Crippen molar-refractivity contribution in [1.82, 2.24) is 9.62 Å². The molecule has 1 atom stereocenters. The quantitative estimate of drug-likeness (QED) is 0.519. The minimum absolute atomic E-state index is 0.0355. The highest BCUT2D eigenvalue weighted by molar-refractivity contribution is 7.89. The Hall–Kier alpha value is -2.59. The molecule has 0 saturated carbocycles. The van der Waals surface area contributed by atoms with Crippen molar-refractivity contribution in [3.8, 4) is 0 Å². The number of halogens is 1. The highest BCUT2D eigenvalue weighted by Crippen LogP contribution is 2.26. The second kappa shape index (κ2) is 9.91. The number of thiophene rings is 1. The van der Waals surface area contributed by atoms with Gasteiger partial charge in [0.1, 0.15) is 5.82 Å². The van der Waals surface area contributed by atoms with Gasteiger partial charge in [-0.25, -0.2) is 12.8 Å². The molecule has 1 amide bonds. The van der Waals surface area contributed by atoms with Crippen LogP contribution in [0.2, 0.25) is 0 Å². The number of anilines is 1. The molecule has 1 aliphatic rings. The Kier molecular flexibility index (Phi) is 7.00. The van der Waals surface area contributed by atoms with E-state index in [0.29, 0.717) is 18.8 Å². The Labute approximate surface area is 191 Å². The predicted molar refractivity (Wildman–Crippen MR) is 124 cm³/mol. The molecule has 4 rings (SSSR count). The van der Waals surface area contributed by atoms with Gasteiger partial charge < -0.3 is 5.32 Å². The summed E-state index contributed by atoms with van der Waals surface area (Å²) < 4.78 is 40.0.